The van der Waals surface area contributed by atoms with E-state index in [1.54, 1.807) is 0 Å². The summed E-state index contributed by atoms with van der Waals surface area (Å²) in [7, 11) is 4.29. The first-order valence-corrected chi connectivity index (χ1v) is 6.23. The van der Waals surface area contributed by atoms with Gasteiger partial charge in [0.25, 0.3) is 0 Å². The lowest BCUT2D eigenvalue weighted by Crippen LogP contribution is -2.27. The van der Waals surface area contributed by atoms with E-state index < -0.39 is 0 Å². The van der Waals surface area contributed by atoms with Crippen molar-refractivity contribution in [3.63, 3.8) is 0 Å². The molecule has 68 valence electrons. The van der Waals surface area contributed by atoms with E-state index in [0.29, 0.717) is 0 Å². The molecule has 1 atom stereocenters. The van der Waals surface area contributed by atoms with Crippen molar-refractivity contribution in [2.75, 3.05) is 45.7 Å². The topological polar surface area (TPSA) is 6.48 Å². The van der Waals surface area contributed by atoms with Crippen LogP contribution < -0.4 is 0 Å². The Morgan fingerprint density at radius 1 is 1.45 bits per heavy atom. The average molecular weight is 176 g/mol. The van der Waals surface area contributed by atoms with Crippen LogP contribution in [0.25, 0.3) is 0 Å². The molecule has 0 bridgehead atoms. The van der Waals surface area contributed by atoms with Gasteiger partial charge >= 0.3 is 0 Å². The smallest absolute Gasteiger partial charge is 0.0199 e. The van der Waals surface area contributed by atoms with Gasteiger partial charge in [-0.15, -0.1) is 0 Å². The van der Waals surface area contributed by atoms with Crippen molar-refractivity contribution in [1.82, 2.24) is 9.21 Å². The Morgan fingerprint density at radius 2 is 2.18 bits per heavy atom. The largest absolute Gasteiger partial charge is 0.308 e. The molecule has 0 aliphatic carbocycles. The van der Waals surface area contributed by atoms with Crippen molar-refractivity contribution < 1.29 is 0 Å². The Balaban J connectivity index is 2.15. The number of nitrogens with zero attached hydrogens (tertiary/aromatic N) is 2. The van der Waals surface area contributed by atoms with Gasteiger partial charge in [-0.05, 0) is 32.5 Å². The van der Waals surface area contributed by atoms with Gasteiger partial charge in [0.1, 0.15) is 0 Å². The van der Waals surface area contributed by atoms with Crippen LogP contribution in [-0.2, 0) is 0 Å². The third-order valence-corrected chi connectivity index (χ3v) is 4.52. The zero-order chi connectivity index (χ0) is 8.27. The van der Waals surface area contributed by atoms with Crippen molar-refractivity contribution in [2.24, 2.45) is 0 Å². The maximum absolute atomic E-state index is 2.65. The fraction of sp³-hybridized carbons (Fsp3) is 1.00. The molecule has 0 saturated carbocycles. The number of rotatable bonds is 3. The molecular formula is C8H20N2S. The fourth-order valence-corrected chi connectivity index (χ4v) is 3.19. The predicted octanol–water partition coefficient (Wildman–Crippen LogP) is 0.800. The normalized spacial score (nSPS) is 30.0. The SMILES string of the molecule is CN(C)CCN1CCC[SH]1C. The summed E-state index contributed by atoms with van der Waals surface area (Å²) in [5.41, 5.74) is 0. The molecule has 1 heterocycles. The van der Waals surface area contributed by atoms with Crippen molar-refractivity contribution in [3.05, 3.63) is 0 Å². The second-order valence-electron chi connectivity index (χ2n) is 3.49. The van der Waals surface area contributed by atoms with Gasteiger partial charge in [0.2, 0.25) is 0 Å². The van der Waals surface area contributed by atoms with Crippen LogP contribution in [0.15, 0.2) is 0 Å². The molecule has 3 heteroatoms. The molecule has 1 fully saturated rings. The van der Waals surface area contributed by atoms with Crippen LogP contribution in [-0.4, -0.2) is 54.9 Å². The summed E-state index contributed by atoms with van der Waals surface area (Å²) < 4.78 is 2.65. The molecule has 1 saturated heterocycles. The third kappa shape index (κ3) is 3.01. The van der Waals surface area contributed by atoms with E-state index in [1.165, 1.54) is 31.8 Å². The quantitative estimate of drug-likeness (QED) is 0.636. The van der Waals surface area contributed by atoms with Crippen LogP contribution in [0, 0.1) is 0 Å². The summed E-state index contributed by atoms with van der Waals surface area (Å²) in [6.07, 6.45) is 3.83. The predicted molar refractivity (Wildman–Crippen MR) is 54.5 cm³/mol. The lowest BCUT2D eigenvalue weighted by Gasteiger charge is -2.25. The van der Waals surface area contributed by atoms with E-state index >= 15 is 0 Å². The van der Waals surface area contributed by atoms with Crippen LogP contribution in [0.3, 0.4) is 0 Å². The minimum atomic E-state index is 0.248. The van der Waals surface area contributed by atoms with Crippen molar-refractivity contribution in [3.8, 4) is 0 Å². The summed E-state index contributed by atoms with van der Waals surface area (Å²) in [5.74, 6) is 1.46. The summed E-state index contributed by atoms with van der Waals surface area (Å²) in [6, 6.07) is 0. The van der Waals surface area contributed by atoms with Crippen LogP contribution >= 0.6 is 11.1 Å². The molecule has 0 aromatic carbocycles. The molecule has 1 unspecified atom stereocenters. The molecule has 1 aliphatic rings. The lowest BCUT2D eigenvalue weighted by atomic mass is 10.4. The highest BCUT2D eigenvalue weighted by atomic mass is 32.2. The van der Waals surface area contributed by atoms with Gasteiger partial charge in [-0.1, -0.05) is 0 Å². The first-order chi connectivity index (χ1) is 5.20. The Kier molecular flexibility index (Phi) is 3.69. The summed E-state index contributed by atoms with van der Waals surface area (Å²) >= 11 is 0.248. The van der Waals surface area contributed by atoms with Gasteiger partial charge < -0.3 is 4.90 Å². The van der Waals surface area contributed by atoms with Gasteiger partial charge in [0.05, 0.1) is 0 Å². The van der Waals surface area contributed by atoms with Crippen LogP contribution in [0.1, 0.15) is 6.42 Å². The second kappa shape index (κ2) is 4.33. The van der Waals surface area contributed by atoms with Crippen LogP contribution in [0.4, 0.5) is 0 Å². The highest BCUT2D eigenvalue weighted by Gasteiger charge is 2.16. The number of hydrogen-bond donors (Lipinski definition) is 1. The molecule has 1 rings (SSSR count). The molecule has 0 aromatic heterocycles. The molecule has 0 spiro atoms. The highest BCUT2D eigenvalue weighted by Crippen LogP contribution is 2.32. The van der Waals surface area contributed by atoms with Gasteiger partial charge in [-0.2, -0.15) is 0 Å². The summed E-state index contributed by atoms with van der Waals surface area (Å²) in [4.78, 5) is 2.27. The van der Waals surface area contributed by atoms with E-state index in [-0.39, 0.29) is 11.1 Å². The Morgan fingerprint density at radius 3 is 2.64 bits per heavy atom. The maximum Gasteiger partial charge on any atom is 0.0199 e. The van der Waals surface area contributed by atoms with E-state index in [4.69, 9.17) is 0 Å². The van der Waals surface area contributed by atoms with Gasteiger partial charge in [-0.3, -0.25) is 4.31 Å². The second-order valence-corrected chi connectivity index (χ2v) is 5.82. The van der Waals surface area contributed by atoms with E-state index in [9.17, 15) is 0 Å². The van der Waals surface area contributed by atoms with Gasteiger partial charge in [0, 0.05) is 19.6 Å². The average Bonchev–Trinajstić information content (AvgIpc) is 2.31. The molecule has 1 aliphatic heterocycles. The van der Waals surface area contributed by atoms with Crippen LogP contribution in [0.2, 0.25) is 0 Å². The zero-order valence-corrected chi connectivity index (χ0v) is 8.77. The fourth-order valence-electron chi connectivity index (χ4n) is 1.39. The molecular weight excluding hydrogens is 156 g/mol. The van der Waals surface area contributed by atoms with Crippen molar-refractivity contribution >= 4 is 11.1 Å². The first-order valence-electron chi connectivity index (χ1n) is 4.31. The van der Waals surface area contributed by atoms with E-state index in [0.717, 1.165) is 0 Å². The monoisotopic (exact) mass is 176 g/mol. The number of likely N-dealkylation sites (N-methyl/N-ethyl adjacent to an activating group) is 1. The third-order valence-electron chi connectivity index (χ3n) is 2.19. The van der Waals surface area contributed by atoms with Crippen molar-refractivity contribution in [1.29, 1.82) is 0 Å². The Bertz CT molecular complexity index is 117. The van der Waals surface area contributed by atoms with E-state index in [2.05, 4.69) is 29.6 Å². The van der Waals surface area contributed by atoms with Gasteiger partial charge in [-0.25, -0.2) is 11.1 Å². The van der Waals surface area contributed by atoms with Gasteiger partial charge in [0.15, 0.2) is 0 Å². The van der Waals surface area contributed by atoms with Crippen molar-refractivity contribution in [2.45, 2.75) is 6.42 Å². The number of hydrogen-bond acceptors (Lipinski definition) is 2. The highest BCUT2D eigenvalue weighted by molar-refractivity contribution is 8.14. The first kappa shape index (κ1) is 9.36. The standard InChI is InChI=1S/C8H20N2S/c1-9(2)6-7-10-5-4-8-11(10)3/h11H,4-8H2,1-3H3. The Labute approximate surface area is 73.0 Å². The molecule has 0 aromatic rings. The minimum Gasteiger partial charge on any atom is -0.308 e. The minimum absolute atomic E-state index is 0.248. The maximum atomic E-state index is 2.65. The zero-order valence-electron chi connectivity index (χ0n) is 7.88. The lowest BCUT2D eigenvalue weighted by molar-refractivity contribution is 0.357. The molecule has 11 heavy (non-hydrogen) atoms. The molecule has 0 amide bonds. The molecule has 0 N–H and O–H groups in total. The van der Waals surface area contributed by atoms with Crippen LogP contribution in [0.5, 0.6) is 0 Å². The molecule has 2 nitrogen and oxygen atoms in total. The molecule has 0 radical (unpaired) electrons. The summed E-state index contributed by atoms with van der Waals surface area (Å²) in [6.45, 7) is 3.83. The number of thiol groups is 1. The Hall–Kier alpha value is 0.270. The summed E-state index contributed by atoms with van der Waals surface area (Å²) in [5, 5.41) is 0. The van der Waals surface area contributed by atoms with E-state index in [1.807, 2.05) is 0 Å².